The molecule has 1 amide bonds. The summed E-state index contributed by atoms with van der Waals surface area (Å²) in [7, 11) is 1.98. The van der Waals surface area contributed by atoms with Crippen LogP contribution in [0.5, 0.6) is 0 Å². The lowest BCUT2D eigenvalue weighted by atomic mass is 10.1. The van der Waals surface area contributed by atoms with Gasteiger partial charge in [0.05, 0.1) is 18.1 Å². The van der Waals surface area contributed by atoms with Crippen molar-refractivity contribution in [1.82, 2.24) is 14.5 Å². The first-order chi connectivity index (χ1) is 10.2. The van der Waals surface area contributed by atoms with E-state index in [1.807, 2.05) is 60.0 Å². The molecule has 2 heterocycles. The van der Waals surface area contributed by atoms with Crippen molar-refractivity contribution in [1.29, 1.82) is 0 Å². The van der Waals surface area contributed by atoms with E-state index in [0.29, 0.717) is 0 Å². The van der Waals surface area contributed by atoms with Crippen LogP contribution in [0.3, 0.4) is 0 Å². The number of hydrogen-bond donors (Lipinski definition) is 0. The molecule has 0 radical (unpaired) electrons. The van der Waals surface area contributed by atoms with Crippen molar-refractivity contribution in [2.75, 3.05) is 18.0 Å². The molecule has 0 saturated carbocycles. The van der Waals surface area contributed by atoms with Crippen LogP contribution in [0.4, 0.5) is 5.69 Å². The summed E-state index contributed by atoms with van der Waals surface area (Å²) < 4.78 is 2.00. The lowest BCUT2D eigenvalue weighted by Gasteiger charge is -2.39. The van der Waals surface area contributed by atoms with Crippen molar-refractivity contribution in [2.45, 2.75) is 19.5 Å². The number of nitrogens with zero attached hydrogens (tertiary/aromatic N) is 4. The highest BCUT2D eigenvalue weighted by Gasteiger charge is 2.32. The summed E-state index contributed by atoms with van der Waals surface area (Å²) in [6.07, 6.45) is 3.66. The quantitative estimate of drug-likeness (QED) is 0.860. The highest BCUT2D eigenvalue weighted by molar-refractivity contribution is 5.97. The molecule has 3 rings (SSSR count). The van der Waals surface area contributed by atoms with Gasteiger partial charge in [-0.3, -0.25) is 9.69 Å². The van der Waals surface area contributed by atoms with Crippen LogP contribution in [0, 0.1) is 0 Å². The SMILES string of the molecule is C[C@H]1C(=O)N(c2ccccc2)CCN1Cc1cncn1C. The summed E-state index contributed by atoms with van der Waals surface area (Å²) in [6, 6.07) is 9.76. The monoisotopic (exact) mass is 284 g/mol. The van der Waals surface area contributed by atoms with Crippen LogP contribution in [0.1, 0.15) is 12.6 Å². The third kappa shape index (κ3) is 2.69. The van der Waals surface area contributed by atoms with Gasteiger partial charge in [-0.05, 0) is 19.1 Å². The van der Waals surface area contributed by atoms with Gasteiger partial charge in [0.25, 0.3) is 0 Å². The Bertz CT molecular complexity index is 622. The molecule has 1 aliphatic rings. The zero-order valence-corrected chi connectivity index (χ0v) is 12.4. The first kappa shape index (κ1) is 13.8. The van der Waals surface area contributed by atoms with Crippen molar-refractivity contribution in [3.8, 4) is 0 Å². The number of aryl methyl sites for hydroxylation is 1. The highest BCUT2D eigenvalue weighted by Crippen LogP contribution is 2.21. The molecule has 5 nitrogen and oxygen atoms in total. The van der Waals surface area contributed by atoms with Crippen LogP contribution in [-0.4, -0.2) is 39.5 Å². The minimum absolute atomic E-state index is 0.117. The predicted octanol–water partition coefficient (Wildman–Crippen LogP) is 1.66. The molecule has 1 fully saturated rings. The molecule has 0 unspecified atom stereocenters. The standard InChI is InChI=1S/C16H20N4O/c1-13-16(21)20(14-6-4-3-5-7-14)9-8-19(13)11-15-10-17-12-18(15)2/h3-7,10,12-13H,8-9,11H2,1-2H3/t13-/m0/s1. The maximum atomic E-state index is 12.6. The largest absolute Gasteiger partial charge is 0.337 e. The Labute approximate surface area is 124 Å². The Balaban J connectivity index is 1.73. The average molecular weight is 284 g/mol. The molecule has 2 aromatic rings. The molecule has 5 heteroatoms. The smallest absolute Gasteiger partial charge is 0.244 e. The summed E-state index contributed by atoms with van der Waals surface area (Å²) >= 11 is 0. The minimum Gasteiger partial charge on any atom is -0.337 e. The first-order valence-electron chi connectivity index (χ1n) is 7.22. The molecule has 0 aliphatic carbocycles. The number of aromatic nitrogens is 2. The van der Waals surface area contributed by atoms with Gasteiger partial charge in [-0.1, -0.05) is 18.2 Å². The Morgan fingerprint density at radius 3 is 2.67 bits per heavy atom. The third-order valence-corrected chi connectivity index (χ3v) is 4.13. The molecule has 0 bridgehead atoms. The minimum atomic E-state index is -0.117. The number of hydrogen-bond acceptors (Lipinski definition) is 3. The Morgan fingerprint density at radius 1 is 1.24 bits per heavy atom. The fraction of sp³-hybridized carbons (Fsp3) is 0.375. The van der Waals surface area contributed by atoms with E-state index < -0.39 is 0 Å². The molecule has 1 aromatic heterocycles. The summed E-state index contributed by atoms with van der Waals surface area (Å²) in [6.45, 7) is 4.33. The lowest BCUT2D eigenvalue weighted by molar-refractivity contribution is -0.125. The Kier molecular flexibility index (Phi) is 3.75. The second-order valence-corrected chi connectivity index (χ2v) is 5.47. The van der Waals surface area contributed by atoms with E-state index in [1.165, 1.54) is 0 Å². The molecule has 1 aliphatic heterocycles. The Hall–Kier alpha value is -2.14. The highest BCUT2D eigenvalue weighted by atomic mass is 16.2. The summed E-state index contributed by atoms with van der Waals surface area (Å²) in [5, 5.41) is 0. The van der Waals surface area contributed by atoms with E-state index in [4.69, 9.17) is 0 Å². The van der Waals surface area contributed by atoms with E-state index in [-0.39, 0.29) is 11.9 Å². The molecule has 0 N–H and O–H groups in total. The van der Waals surface area contributed by atoms with Crippen molar-refractivity contribution < 1.29 is 4.79 Å². The molecule has 1 saturated heterocycles. The molecule has 0 spiro atoms. The van der Waals surface area contributed by atoms with Gasteiger partial charge in [0.15, 0.2) is 0 Å². The maximum absolute atomic E-state index is 12.6. The molecule has 1 aromatic carbocycles. The van der Waals surface area contributed by atoms with Gasteiger partial charge in [-0.15, -0.1) is 0 Å². The van der Waals surface area contributed by atoms with Crippen LogP contribution in [-0.2, 0) is 18.4 Å². The van der Waals surface area contributed by atoms with Gasteiger partial charge in [0.1, 0.15) is 0 Å². The molecule has 21 heavy (non-hydrogen) atoms. The fourth-order valence-corrected chi connectivity index (χ4v) is 2.74. The lowest BCUT2D eigenvalue weighted by Crippen LogP contribution is -2.55. The van der Waals surface area contributed by atoms with E-state index in [9.17, 15) is 4.79 Å². The summed E-state index contributed by atoms with van der Waals surface area (Å²) in [4.78, 5) is 20.8. The van der Waals surface area contributed by atoms with Crippen LogP contribution < -0.4 is 4.90 Å². The molecule has 110 valence electrons. The molecule has 1 atom stereocenters. The second-order valence-electron chi connectivity index (χ2n) is 5.47. The van der Waals surface area contributed by atoms with Crippen LogP contribution >= 0.6 is 0 Å². The van der Waals surface area contributed by atoms with Crippen molar-refractivity contribution in [3.63, 3.8) is 0 Å². The van der Waals surface area contributed by atoms with Gasteiger partial charge in [-0.25, -0.2) is 4.98 Å². The van der Waals surface area contributed by atoms with Gasteiger partial charge in [0.2, 0.25) is 5.91 Å². The maximum Gasteiger partial charge on any atom is 0.244 e. The van der Waals surface area contributed by atoms with Crippen molar-refractivity contribution >= 4 is 11.6 Å². The van der Waals surface area contributed by atoms with E-state index in [1.54, 1.807) is 6.33 Å². The van der Waals surface area contributed by atoms with Gasteiger partial charge >= 0.3 is 0 Å². The molecular formula is C16H20N4O. The van der Waals surface area contributed by atoms with Crippen molar-refractivity contribution in [2.24, 2.45) is 7.05 Å². The second kappa shape index (κ2) is 5.69. The van der Waals surface area contributed by atoms with Crippen molar-refractivity contribution in [3.05, 3.63) is 48.5 Å². The number of benzene rings is 1. The summed E-state index contributed by atoms with van der Waals surface area (Å²) in [5.41, 5.74) is 2.11. The van der Waals surface area contributed by atoms with Gasteiger partial charge in [0, 0.05) is 38.6 Å². The average Bonchev–Trinajstić information content (AvgIpc) is 2.90. The first-order valence-corrected chi connectivity index (χ1v) is 7.22. The predicted molar refractivity (Wildman–Crippen MR) is 81.9 cm³/mol. The zero-order valence-electron chi connectivity index (χ0n) is 12.4. The Morgan fingerprint density at radius 2 is 2.00 bits per heavy atom. The number of piperazine rings is 1. The number of amides is 1. The number of rotatable bonds is 3. The van der Waals surface area contributed by atoms with E-state index in [0.717, 1.165) is 31.0 Å². The van der Waals surface area contributed by atoms with E-state index >= 15 is 0 Å². The summed E-state index contributed by atoms with van der Waals surface area (Å²) in [5.74, 6) is 0.162. The normalized spacial score (nSPS) is 20.0. The van der Waals surface area contributed by atoms with Crippen LogP contribution in [0.25, 0.3) is 0 Å². The fourth-order valence-electron chi connectivity index (χ4n) is 2.74. The number of carbonyl (C=O) groups excluding carboxylic acids is 1. The zero-order chi connectivity index (χ0) is 14.8. The number of carbonyl (C=O) groups is 1. The topological polar surface area (TPSA) is 41.4 Å². The van der Waals surface area contributed by atoms with Crippen LogP contribution in [0.2, 0.25) is 0 Å². The van der Waals surface area contributed by atoms with Gasteiger partial charge < -0.3 is 9.47 Å². The number of imidazole rings is 1. The third-order valence-electron chi connectivity index (χ3n) is 4.13. The number of anilines is 1. The van der Waals surface area contributed by atoms with Crippen LogP contribution in [0.15, 0.2) is 42.9 Å². The number of para-hydroxylation sites is 1. The van der Waals surface area contributed by atoms with Gasteiger partial charge in [-0.2, -0.15) is 0 Å². The van der Waals surface area contributed by atoms with E-state index in [2.05, 4.69) is 9.88 Å². The molecular weight excluding hydrogens is 264 g/mol.